The number of nitro groups is 1. The molecule has 1 aliphatic rings. The number of aromatic nitrogens is 3. The molecule has 2 N–H and O–H groups in total. The first-order chi connectivity index (χ1) is 19.2. The van der Waals surface area contributed by atoms with Crippen molar-refractivity contribution < 1.29 is 23.2 Å². The van der Waals surface area contributed by atoms with E-state index in [1.807, 2.05) is 23.6 Å². The third kappa shape index (κ3) is 5.00. The van der Waals surface area contributed by atoms with Crippen LogP contribution in [0.1, 0.15) is 11.3 Å². The summed E-state index contributed by atoms with van der Waals surface area (Å²) in [5, 5.41) is 18.7. The third-order valence-corrected chi connectivity index (χ3v) is 6.82. The van der Waals surface area contributed by atoms with Crippen LogP contribution in [0.15, 0.2) is 30.5 Å². The van der Waals surface area contributed by atoms with Crippen LogP contribution in [0.5, 0.6) is 5.75 Å². The molecule has 0 amide bonds. The van der Waals surface area contributed by atoms with Gasteiger partial charge in [-0.05, 0) is 39.2 Å². The van der Waals surface area contributed by atoms with Crippen LogP contribution in [0.25, 0.3) is 22.2 Å². The van der Waals surface area contributed by atoms with E-state index in [-0.39, 0.29) is 29.6 Å². The van der Waals surface area contributed by atoms with E-state index in [1.165, 1.54) is 25.3 Å². The molecule has 4 aromatic rings. The maximum Gasteiger partial charge on any atom is 0.294 e. The Kier molecular flexibility index (Phi) is 7.50. The maximum absolute atomic E-state index is 15.3. The van der Waals surface area contributed by atoms with Crippen molar-refractivity contribution in [2.45, 2.75) is 20.1 Å². The summed E-state index contributed by atoms with van der Waals surface area (Å²) in [7, 11) is 5.27. The van der Waals surface area contributed by atoms with Gasteiger partial charge in [0.25, 0.3) is 5.69 Å². The predicted molar refractivity (Wildman–Crippen MR) is 147 cm³/mol. The Morgan fingerprint density at radius 1 is 1.27 bits per heavy atom. The molecule has 40 heavy (non-hydrogen) atoms. The Hall–Kier alpha value is -4.36. The first-order valence-corrected chi connectivity index (χ1v) is 12.6. The van der Waals surface area contributed by atoms with Crippen LogP contribution >= 0.6 is 0 Å². The molecule has 0 atom stereocenters. The van der Waals surface area contributed by atoms with Crippen LogP contribution < -0.4 is 15.4 Å². The van der Waals surface area contributed by atoms with Crippen molar-refractivity contribution in [3.05, 3.63) is 63.5 Å². The van der Waals surface area contributed by atoms with E-state index >= 15 is 4.39 Å². The number of likely N-dealkylation sites (N-methyl/N-ethyl adjacent to an activating group) is 1. The van der Waals surface area contributed by atoms with Gasteiger partial charge in [-0.2, -0.15) is 0 Å². The van der Waals surface area contributed by atoms with Gasteiger partial charge >= 0.3 is 0 Å². The number of anilines is 3. The Morgan fingerprint density at radius 3 is 2.80 bits per heavy atom. The number of hydrogen-bond donors (Lipinski definition) is 2. The highest BCUT2D eigenvalue weighted by Gasteiger charge is 2.27. The quantitative estimate of drug-likeness (QED) is 0.221. The summed E-state index contributed by atoms with van der Waals surface area (Å²) in [5.74, 6) is -0.725. The van der Waals surface area contributed by atoms with Crippen LogP contribution in [-0.2, 0) is 17.9 Å². The van der Waals surface area contributed by atoms with Gasteiger partial charge in [-0.1, -0.05) is 0 Å². The summed E-state index contributed by atoms with van der Waals surface area (Å²) in [6.45, 7) is 4.01. The monoisotopic (exact) mass is 553 g/mol. The molecule has 210 valence electrons. The molecule has 0 bridgehead atoms. The second-order valence-electron chi connectivity index (χ2n) is 9.67. The lowest BCUT2D eigenvalue weighted by atomic mass is 10.1. The Labute approximate surface area is 228 Å². The average molecular weight is 554 g/mol. The molecule has 0 unspecified atom stereocenters. The zero-order valence-electron chi connectivity index (χ0n) is 22.5. The highest BCUT2D eigenvalue weighted by Crippen LogP contribution is 2.42. The molecule has 0 fully saturated rings. The van der Waals surface area contributed by atoms with Crippen LogP contribution in [0.2, 0.25) is 0 Å². The highest BCUT2D eigenvalue weighted by atomic mass is 19.1. The molecule has 0 spiro atoms. The topological polar surface area (TPSA) is 120 Å². The molecule has 2 aromatic carbocycles. The summed E-state index contributed by atoms with van der Waals surface area (Å²) in [4.78, 5) is 22.0. The fourth-order valence-electron chi connectivity index (χ4n) is 5.00. The SMILES string of the molecule is COc1c(Nc2ncc(F)c(-c3c4n(c5cc(F)ccc35)CCOC4)n2)cc([N+](=O)[O-])c(NCCN(C)C)c1C. The lowest BCUT2D eigenvalue weighted by molar-refractivity contribution is -0.383. The fraction of sp³-hybridized carbons (Fsp3) is 0.333. The van der Waals surface area contributed by atoms with Crippen LogP contribution in [0.3, 0.4) is 0 Å². The van der Waals surface area contributed by atoms with E-state index in [0.29, 0.717) is 65.4 Å². The molecule has 11 nitrogen and oxygen atoms in total. The number of rotatable bonds is 9. The number of fused-ring (bicyclic) bond motifs is 3. The Balaban J connectivity index is 1.58. The minimum atomic E-state index is -0.676. The normalized spacial score (nSPS) is 13.0. The zero-order valence-corrected chi connectivity index (χ0v) is 22.5. The molecule has 2 aromatic heterocycles. The van der Waals surface area contributed by atoms with Crippen molar-refractivity contribution in [3.8, 4) is 17.0 Å². The van der Waals surface area contributed by atoms with Crippen LogP contribution in [0.4, 0.5) is 31.8 Å². The number of hydrogen-bond acceptors (Lipinski definition) is 9. The Bertz CT molecular complexity index is 1610. The number of nitro benzene ring substituents is 1. The largest absolute Gasteiger partial charge is 0.494 e. The number of ether oxygens (including phenoxy) is 2. The molecule has 5 rings (SSSR count). The van der Waals surface area contributed by atoms with E-state index < -0.39 is 16.6 Å². The van der Waals surface area contributed by atoms with E-state index in [1.54, 1.807) is 13.0 Å². The third-order valence-electron chi connectivity index (χ3n) is 6.82. The average Bonchev–Trinajstić information content (AvgIpc) is 3.24. The number of benzene rings is 2. The standard InChI is InChI=1S/C27H29F2N7O4/c1-15-24(30-7-8-34(2)3)21(36(37)38)12-19(26(15)39-4)32-27-31-13-18(29)25(33-27)23-17-6-5-16(28)11-20(17)35-9-10-40-14-22(23)35/h5-6,11-13,30H,7-10,14H2,1-4H3,(H,31,32,33). The smallest absolute Gasteiger partial charge is 0.294 e. The van der Waals surface area contributed by atoms with Gasteiger partial charge in [-0.25, -0.2) is 18.7 Å². The summed E-state index contributed by atoms with van der Waals surface area (Å²) in [6, 6.07) is 5.66. The van der Waals surface area contributed by atoms with Gasteiger partial charge in [-0.15, -0.1) is 0 Å². The summed E-state index contributed by atoms with van der Waals surface area (Å²) < 4.78 is 42.5. The summed E-state index contributed by atoms with van der Waals surface area (Å²) in [5.41, 5.74) is 2.72. The second kappa shape index (κ2) is 11.0. The predicted octanol–water partition coefficient (Wildman–Crippen LogP) is 4.85. The van der Waals surface area contributed by atoms with Gasteiger partial charge in [0, 0.05) is 42.2 Å². The number of nitrogens with one attached hydrogen (secondary N) is 2. The molecule has 13 heteroatoms. The number of halogens is 2. The number of methoxy groups -OCH3 is 1. The van der Waals surface area contributed by atoms with E-state index in [0.717, 1.165) is 6.20 Å². The molecule has 3 heterocycles. The van der Waals surface area contributed by atoms with E-state index in [2.05, 4.69) is 20.6 Å². The molecule has 0 saturated heterocycles. The molecular weight excluding hydrogens is 524 g/mol. The second-order valence-corrected chi connectivity index (χ2v) is 9.67. The van der Waals surface area contributed by atoms with Crippen LogP contribution in [-0.4, -0.2) is 65.3 Å². The summed E-state index contributed by atoms with van der Waals surface area (Å²) >= 11 is 0. The van der Waals surface area contributed by atoms with Crippen molar-refractivity contribution in [1.29, 1.82) is 0 Å². The first-order valence-electron chi connectivity index (χ1n) is 12.6. The van der Waals surface area contributed by atoms with Gasteiger partial charge in [-0.3, -0.25) is 10.1 Å². The first kappa shape index (κ1) is 27.2. The Morgan fingerprint density at radius 2 is 2.08 bits per heavy atom. The van der Waals surface area contributed by atoms with Crippen molar-refractivity contribution in [3.63, 3.8) is 0 Å². The van der Waals surface area contributed by atoms with Crippen molar-refractivity contribution in [1.82, 2.24) is 19.4 Å². The van der Waals surface area contributed by atoms with Crippen molar-refractivity contribution in [2.75, 3.05) is 51.5 Å². The van der Waals surface area contributed by atoms with Crippen LogP contribution in [0, 0.1) is 28.7 Å². The molecule has 0 aliphatic carbocycles. The summed E-state index contributed by atoms with van der Waals surface area (Å²) in [6.07, 6.45) is 1.03. The lowest BCUT2D eigenvalue weighted by Gasteiger charge is -2.19. The van der Waals surface area contributed by atoms with E-state index in [4.69, 9.17) is 9.47 Å². The van der Waals surface area contributed by atoms with Crippen molar-refractivity contribution in [2.24, 2.45) is 0 Å². The van der Waals surface area contributed by atoms with Gasteiger partial charge in [0.1, 0.15) is 22.9 Å². The molecule has 0 saturated carbocycles. The van der Waals surface area contributed by atoms with Gasteiger partial charge in [0.05, 0.1) is 48.3 Å². The fourth-order valence-corrected chi connectivity index (χ4v) is 5.00. The zero-order chi connectivity index (χ0) is 28.6. The minimum Gasteiger partial charge on any atom is -0.494 e. The molecular formula is C27H29F2N7O4. The minimum absolute atomic E-state index is 0.000480. The maximum atomic E-state index is 15.3. The van der Waals surface area contributed by atoms with Gasteiger partial charge in [0.2, 0.25) is 5.95 Å². The van der Waals surface area contributed by atoms with Gasteiger partial charge in [0.15, 0.2) is 5.82 Å². The van der Waals surface area contributed by atoms with Crippen molar-refractivity contribution >= 4 is 33.9 Å². The molecule has 0 radical (unpaired) electrons. The molecule has 1 aliphatic heterocycles. The lowest BCUT2D eigenvalue weighted by Crippen LogP contribution is -2.21. The highest BCUT2D eigenvalue weighted by molar-refractivity contribution is 5.97. The van der Waals surface area contributed by atoms with Gasteiger partial charge < -0.3 is 29.6 Å². The number of nitrogens with zero attached hydrogens (tertiary/aromatic N) is 5. The van der Waals surface area contributed by atoms with E-state index in [9.17, 15) is 14.5 Å².